The van der Waals surface area contributed by atoms with Gasteiger partial charge in [0.15, 0.2) is 0 Å². The average Bonchev–Trinajstić information content (AvgIpc) is 3.32. The van der Waals surface area contributed by atoms with Gasteiger partial charge in [-0.2, -0.15) is 0 Å². The molecule has 29 heavy (non-hydrogen) atoms. The Kier molecular flexibility index (Phi) is 5.63. The molecule has 0 aliphatic carbocycles. The topological polar surface area (TPSA) is 60.9 Å². The number of likely N-dealkylation sites (tertiary alicyclic amines) is 1. The van der Waals surface area contributed by atoms with Crippen LogP contribution in [0, 0.1) is 0 Å². The summed E-state index contributed by atoms with van der Waals surface area (Å²) in [6.45, 7) is 2.04. The molecule has 0 N–H and O–H groups in total. The predicted octanol–water partition coefficient (Wildman–Crippen LogP) is 3.25. The van der Waals surface area contributed by atoms with E-state index in [-0.39, 0.29) is 22.7 Å². The van der Waals surface area contributed by atoms with E-state index in [0.29, 0.717) is 10.0 Å². The van der Waals surface area contributed by atoms with E-state index in [1.807, 2.05) is 24.1 Å². The molecule has 1 saturated heterocycles. The third-order valence-electron chi connectivity index (χ3n) is 5.90. The Morgan fingerprint density at radius 3 is 2.52 bits per heavy atom. The molecule has 2 aliphatic rings. The van der Waals surface area contributed by atoms with Crippen LogP contribution in [0.4, 0.5) is 5.69 Å². The first-order valence-corrected chi connectivity index (χ1v) is 12.2. The van der Waals surface area contributed by atoms with Gasteiger partial charge in [-0.05, 0) is 56.7 Å². The number of amides is 1. The summed E-state index contributed by atoms with van der Waals surface area (Å²) >= 11 is 6.99. The number of carbonyl (C=O) groups is 1. The highest BCUT2D eigenvalue weighted by Gasteiger charge is 2.42. The molecule has 9 heteroatoms. The Bertz CT molecular complexity index is 1020. The summed E-state index contributed by atoms with van der Waals surface area (Å²) in [4.78, 5) is 17.5. The van der Waals surface area contributed by atoms with Gasteiger partial charge in [0.05, 0.1) is 22.5 Å². The van der Waals surface area contributed by atoms with Gasteiger partial charge in [0.1, 0.15) is 4.21 Å². The molecular weight excluding hydrogens is 430 g/mol. The quantitative estimate of drug-likeness (QED) is 0.713. The van der Waals surface area contributed by atoms with Gasteiger partial charge in [0.2, 0.25) is 5.91 Å². The van der Waals surface area contributed by atoms with E-state index >= 15 is 0 Å². The number of benzene rings is 1. The minimum atomic E-state index is -3.77. The molecule has 4 rings (SSSR count). The molecule has 3 heterocycles. The van der Waals surface area contributed by atoms with Gasteiger partial charge in [-0.3, -0.25) is 9.10 Å². The van der Waals surface area contributed by atoms with Crippen molar-refractivity contribution in [2.45, 2.75) is 29.0 Å². The summed E-state index contributed by atoms with van der Waals surface area (Å²) in [6.07, 6.45) is 1.87. The second-order valence-corrected chi connectivity index (χ2v) is 11.5. The first-order chi connectivity index (χ1) is 13.8. The van der Waals surface area contributed by atoms with Crippen LogP contribution in [0.1, 0.15) is 24.3 Å². The lowest BCUT2D eigenvalue weighted by Gasteiger charge is -2.36. The van der Waals surface area contributed by atoms with Crippen molar-refractivity contribution in [1.82, 2.24) is 9.80 Å². The number of para-hydroxylation sites is 1. The number of halogens is 1. The zero-order chi connectivity index (χ0) is 20.8. The van der Waals surface area contributed by atoms with Crippen molar-refractivity contribution in [1.29, 1.82) is 0 Å². The number of rotatable bonds is 4. The molecule has 0 bridgehead atoms. The summed E-state index contributed by atoms with van der Waals surface area (Å²) in [7, 11) is 0.167. The molecule has 1 unspecified atom stereocenters. The molecule has 0 saturated carbocycles. The van der Waals surface area contributed by atoms with Crippen LogP contribution in [0.2, 0.25) is 4.34 Å². The van der Waals surface area contributed by atoms with Crippen LogP contribution in [0.25, 0.3) is 0 Å². The first-order valence-electron chi connectivity index (χ1n) is 9.61. The molecule has 6 nitrogen and oxygen atoms in total. The van der Waals surface area contributed by atoms with Crippen molar-refractivity contribution in [3.63, 3.8) is 0 Å². The standard InChI is InChI=1S/C20H24ClN3O3S2/c1-22-11-9-14(10-12-22)23(2)20(25)16-13-24(17-6-4-3-5-15(16)17)29(26,27)19-8-7-18(21)28-19/h3-8,14,16H,9-13H2,1-2H3. The number of hydrogen-bond acceptors (Lipinski definition) is 5. The molecule has 1 fully saturated rings. The maximum atomic E-state index is 13.4. The fourth-order valence-corrected chi connectivity index (χ4v) is 7.27. The van der Waals surface area contributed by atoms with Crippen molar-refractivity contribution >= 4 is 44.6 Å². The normalized spacial score (nSPS) is 20.7. The van der Waals surface area contributed by atoms with Crippen LogP contribution in [-0.4, -0.2) is 63.9 Å². The van der Waals surface area contributed by atoms with Gasteiger partial charge in [-0.25, -0.2) is 8.42 Å². The Labute approximate surface area is 180 Å². The van der Waals surface area contributed by atoms with Crippen LogP contribution in [0.5, 0.6) is 0 Å². The molecular formula is C20H24ClN3O3S2. The van der Waals surface area contributed by atoms with E-state index in [1.165, 1.54) is 10.4 Å². The lowest BCUT2D eigenvalue weighted by molar-refractivity contribution is -0.134. The third-order valence-corrected chi connectivity index (χ3v) is 9.38. The number of likely N-dealkylation sites (N-methyl/N-ethyl adjacent to an activating group) is 1. The predicted molar refractivity (Wildman–Crippen MR) is 116 cm³/mol. The lowest BCUT2D eigenvalue weighted by Crippen LogP contribution is -2.46. The molecule has 1 aromatic heterocycles. The van der Waals surface area contributed by atoms with Crippen LogP contribution >= 0.6 is 22.9 Å². The molecule has 1 atom stereocenters. The lowest BCUT2D eigenvalue weighted by atomic mass is 9.97. The number of piperidine rings is 1. The molecule has 0 radical (unpaired) electrons. The number of thiophene rings is 1. The van der Waals surface area contributed by atoms with Gasteiger partial charge in [0, 0.05) is 13.1 Å². The van der Waals surface area contributed by atoms with Crippen LogP contribution in [0.3, 0.4) is 0 Å². The van der Waals surface area contributed by atoms with Crippen LogP contribution in [0.15, 0.2) is 40.6 Å². The molecule has 1 aromatic carbocycles. The van der Waals surface area contributed by atoms with Crippen molar-refractivity contribution in [3.8, 4) is 0 Å². The Balaban J connectivity index is 1.62. The number of carbonyl (C=O) groups excluding carboxylic acids is 1. The molecule has 2 aliphatic heterocycles. The second-order valence-electron chi connectivity index (χ2n) is 7.69. The minimum absolute atomic E-state index is 0.0195. The van der Waals surface area contributed by atoms with E-state index in [1.54, 1.807) is 18.2 Å². The Morgan fingerprint density at radius 1 is 1.17 bits per heavy atom. The van der Waals surface area contributed by atoms with Crippen LogP contribution in [-0.2, 0) is 14.8 Å². The maximum Gasteiger partial charge on any atom is 0.273 e. The minimum Gasteiger partial charge on any atom is -0.342 e. The number of sulfonamides is 1. The van der Waals surface area contributed by atoms with E-state index in [0.717, 1.165) is 42.8 Å². The smallest absolute Gasteiger partial charge is 0.273 e. The van der Waals surface area contributed by atoms with E-state index in [2.05, 4.69) is 11.9 Å². The molecule has 156 valence electrons. The number of hydrogen-bond donors (Lipinski definition) is 0. The van der Waals surface area contributed by atoms with Crippen molar-refractivity contribution in [2.24, 2.45) is 0 Å². The fourth-order valence-electron chi connectivity index (χ4n) is 4.16. The fraction of sp³-hybridized carbons (Fsp3) is 0.450. The van der Waals surface area contributed by atoms with Crippen molar-refractivity contribution in [3.05, 3.63) is 46.3 Å². The Morgan fingerprint density at radius 2 is 1.86 bits per heavy atom. The summed E-state index contributed by atoms with van der Waals surface area (Å²) in [5.74, 6) is -0.519. The second kappa shape index (κ2) is 7.91. The van der Waals surface area contributed by atoms with Crippen molar-refractivity contribution < 1.29 is 13.2 Å². The van der Waals surface area contributed by atoms with Crippen molar-refractivity contribution in [2.75, 3.05) is 38.0 Å². The Hall–Kier alpha value is -1.61. The average molecular weight is 454 g/mol. The monoisotopic (exact) mass is 453 g/mol. The number of anilines is 1. The maximum absolute atomic E-state index is 13.4. The van der Waals surface area contributed by atoms with E-state index in [4.69, 9.17) is 11.6 Å². The number of fused-ring (bicyclic) bond motifs is 1. The SMILES string of the molecule is CN1CCC(N(C)C(=O)C2CN(S(=O)(=O)c3ccc(Cl)s3)c3ccccc32)CC1. The molecule has 1 amide bonds. The molecule has 0 spiro atoms. The van der Waals surface area contributed by atoms with E-state index < -0.39 is 15.9 Å². The molecule has 2 aromatic rings. The van der Waals surface area contributed by atoms with Gasteiger partial charge >= 0.3 is 0 Å². The van der Waals surface area contributed by atoms with E-state index in [9.17, 15) is 13.2 Å². The van der Waals surface area contributed by atoms with Gasteiger partial charge in [0.25, 0.3) is 10.0 Å². The highest BCUT2D eigenvalue weighted by Crippen LogP contribution is 2.42. The number of nitrogens with zero attached hydrogens (tertiary/aromatic N) is 3. The van der Waals surface area contributed by atoms with Gasteiger partial charge < -0.3 is 9.80 Å². The zero-order valence-electron chi connectivity index (χ0n) is 16.4. The van der Waals surface area contributed by atoms with Gasteiger partial charge in [-0.1, -0.05) is 29.8 Å². The third kappa shape index (κ3) is 3.79. The summed E-state index contributed by atoms with van der Waals surface area (Å²) in [5.41, 5.74) is 1.34. The first kappa shape index (κ1) is 20.7. The zero-order valence-corrected chi connectivity index (χ0v) is 18.8. The highest BCUT2D eigenvalue weighted by molar-refractivity contribution is 7.94. The summed E-state index contributed by atoms with van der Waals surface area (Å²) in [6, 6.07) is 10.6. The van der Waals surface area contributed by atoms with Crippen LogP contribution < -0.4 is 4.31 Å². The van der Waals surface area contributed by atoms with Gasteiger partial charge in [-0.15, -0.1) is 11.3 Å². The summed E-state index contributed by atoms with van der Waals surface area (Å²) in [5, 5.41) is 0. The largest absolute Gasteiger partial charge is 0.342 e. The summed E-state index contributed by atoms with van der Waals surface area (Å²) < 4.78 is 28.4. The highest BCUT2D eigenvalue weighted by atomic mass is 35.5.